The van der Waals surface area contributed by atoms with E-state index >= 15 is 0 Å². The van der Waals surface area contributed by atoms with Crippen LogP contribution in [0.1, 0.15) is 25.5 Å². The molecule has 0 saturated heterocycles. The maximum absolute atomic E-state index is 15.0. The second-order valence-corrected chi connectivity index (χ2v) is 9.69. The Kier molecular flexibility index (Phi) is 7.24. The smallest absolute Gasteiger partial charge is 0.422 e. The molecule has 1 saturated carbocycles. The van der Waals surface area contributed by atoms with Gasteiger partial charge in [-0.3, -0.25) is 4.79 Å². The predicted molar refractivity (Wildman–Crippen MR) is 134 cm³/mol. The molecule has 3 unspecified atom stereocenters. The first kappa shape index (κ1) is 26.2. The van der Waals surface area contributed by atoms with Gasteiger partial charge in [-0.1, -0.05) is 74.5 Å². The van der Waals surface area contributed by atoms with E-state index in [0.717, 1.165) is 0 Å². The summed E-state index contributed by atoms with van der Waals surface area (Å²) in [4.78, 5) is 13.0. The van der Waals surface area contributed by atoms with E-state index in [1.54, 1.807) is 56.3 Å². The molecule has 3 aromatic rings. The molecule has 0 bridgehead atoms. The van der Waals surface area contributed by atoms with Gasteiger partial charge < -0.3 is 14.2 Å². The first-order valence-corrected chi connectivity index (χ1v) is 11.9. The molecule has 1 aliphatic rings. The first-order valence-electron chi connectivity index (χ1n) is 11.5. The van der Waals surface area contributed by atoms with Gasteiger partial charge in [-0.05, 0) is 41.8 Å². The van der Waals surface area contributed by atoms with Gasteiger partial charge in [0.2, 0.25) is 6.10 Å². The van der Waals surface area contributed by atoms with Gasteiger partial charge in [0.15, 0.2) is 0 Å². The topological polar surface area (TPSA) is 68.6 Å². The van der Waals surface area contributed by atoms with Crippen LogP contribution in [-0.2, 0) is 9.53 Å². The first-order chi connectivity index (χ1) is 17.5. The lowest BCUT2D eigenvalue weighted by molar-refractivity contribution is -0.151. The summed E-state index contributed by atoms with van der Waals surface area (Å²) in [5.41, 5.74) is -1.05. The van der Waals surface area contributed by atoms with E-state index in [9.17, 15) is 18.8 Å². The van der Waals surface area contributed by atoms with Crippen molar-refractivity contribution in [3.63, 3.8) is 0 Å². The van der Waals surface area contributed by atoms with Crippen LogP contribution in [0.4, 0.5) is 8.78 Å². The van der Waals surface area contributed by atoms with E-state index in [4.69, 9.17) is 25.8 Å². The van der Waals surface area contributed by atoms with Crippen molar-refractivity contribution in [3.05, 3.63) is 102 Å². The SMILES string of the molecule is C=C(C1C(C(=O)OC(C#N)c2cccc(Oc3ccccc3)c2)C1(C)C)C(F)(F)Oc1ccccc1Cl. The number of rotatable bonds is 9. The maximum Gasteiger partial charge on any atom is 0.422 e. The number of nitrogens with zero attached hydrogens (tertiary/aromatic N) is 1. The molecule has 8 heteroatoms. The predicted octanol–water partition coefficient (Wildman–Crippen LogP) is 7.74. The Hall–Kier alpha value is -3.89. The number of hydrogen-bond donors (Lipinski definition) is 0. The zero-order valence-corrected chi connectivity index (χ0v) is 20.9. The zero-order chi connectivity index (χ0) is 26.8. The molecule has 0 aliphatic heterocycles. The Morgan fingerprint density at radius 1 is 1.03 bits per heavy atom. The number of para-hydroxylation sites is 2. The summed E-state index contributed by atoms with van der Waals surface area (Å²) in [5, 5.41) is 9.72. The average Bonchev–Trinajstić information content (AvgIpc) is 3.45. The Bertz CT molecular complexity index is 1350. The fourth-order valence-corrected chi connectivity index (χ4v) is 4.54. The summed E-state index contributed by atoms with van der Waals surface area (Å²) in [5.74, 6) is -1.77. The Morgan fingerprint density at radius 2 is 1.68 bits per heavy atom. The number of alkyl halides is 2. The van der Waals surface area contributed by atoms with Gasteiger partial charge in [-0.15, -0.1) is 0 Å². The summed E-state index contributed by atoms with van der Waals surface area (Å²) >= 11 is 5.95. The molecular weight excluding hydrogens is 500 g/mol. The number of carbonyl (C=O) groups excluding carboxylic acids is 1. The van der Waals surface area contributed by atoms with Crippen LogP contribution in [0.25, 0.3) is 0 Å². The number of nitriles is 1. The van der Waals surface area contributed by atoms with Gasteiger partial charge in [0, 0.05) is 17.1 Å². The molecule has 0 amide bonds. The van der Waals surface area contributed by atoms with Crippen LogP contribution in [0.3, 0.4) is 0 Å². The fraction of sp³-hybridized carbons (Fsp3) is 0.241. The Morgan fingerprint density at radius 3 is 2.35 bits per heavy atom. The summed E-state index contributed by atoms with van der Waals surface area (Å²) in [7, 11) is 0. The normalized spacial score (nSPS) is 18.7. The third-order valence-corrected chi connectivity index (χ3v) is 6.71. The Balaban J connectivity index is 1.46. The highest BCUT2D eigenvalue weighted by Crippen LogP contribution is 2.64. The van der Waals surface area contributed by atoms with E-state index in [-0.39, 0.29) is 10.8 Å². The second-order valence-electron chi connectivity index (χ2n) is 9.28. The van der Waals surface area contributed by atoms with Crippen molar-refractivity contribution >= 4 is 17.6 Å². The molecule has 0 aromatic heterocycles. The third kappa shape index (κ3) is 5.60. The molecule has 0 heterocycles. The highest BCUT2D eigenvalue weighted by atomic mass is 35.5. The van der Waals surface area contributed by atoms with E-state index in [0.29, 0.717) is 17.1 Å². The molecule has 3 atom stereocenters. The molecule has 1 fully saturated rings. The number of ether oxygens (including phenoxy) is 3. The summed E-state index contributed by atoms with van der Waals surface area (Å²) < 4.78 is 46.1. The summed E-state index contributed by atoms with van der Waals surface area (Å²) in [6.07, 6.45) is -5.03. The van der Waals surface area contributed by atoms with Crippen LogP contribution in [0, 0.1) is 28.6 Å². The average molecular weight is 524 g/mol. The molecule has 4 rings (SSSR count). The van der Waals surface area contributed by atoms with Crippen molar-refractivity contribution in [1.82, 2.24) is 0 Å². The van der Waals surface area contributed by atoms with Crippen molar-refractivity contribution in [3.8, 4) is 23.3 Å². The van der Waals surface area contributed by atoms with Crippen LogP contribution in [0.15, 0.2) is 91.0 Å². The monoisotopic (exact) mass is 523 g/mol. The van der Waals surface area contributed by atoms with Gasteiger partial charge in [0.25, 0.3) is 0 Å². The van der Waals surface area contributed by atoms with Crippen LogP contribution in [0.5, 0.6) is 17.2 Å². The van der Waals surface area contributed by atoms with Crippen molar-refractivity contribution < 1.29 is 27.8 Å². The molecule has 5 nitrogen and oxygen atoms in total. The van der Waals surface area contributed by atoms with Crippen molar-refractivity contribution in [2.24, 2.45) is 17.3 Å². The minimum atomic E-state index is -3.78. The van der Waals surface area contributed by atoms with Crippen molar-refractivity contribution in [1.29, 1.82) is 5.26 Å². The van der Waals surface area contributed by atoms with E-state index in [2.05, 4.69) is 6.58 Å². The maximum atomic E-state index is 15.0. The fourth-order valence-electron chi connectivity index (χ4n) is 4.36. The highest BCUT2D eigenvalue weighted by Gasteiger charge is 2.67. The highest BCUT2D eigenvalue weighted by molar-refractivity contribution is 6.32. The number of halogens is 3. The van der Waals surface area contributed by atoms with Crippen LogP contribution >= 0.6 is 11.6 Å². The lowest BCUT2D eigenvalue weighted by atomic mass is 10.0. The van der Waals surface area contributed by atoms with Crippen LogP contribution in [0.2, 0.25) is 5.02 Å². The molecule has 1 aliphatic carbocycles. The number of esters is 1. The summed E-state index contributed by atoms with van der Waals surface area (Å²) in [6.45, 7) is 6.87. The van der Waals surface area contributed by atoms with Gasteiger partial charge in [0.05, 0.1) is 10.9 Å². The van der Waals surface area contributed by atoms with Crippen LogP contribution < -0.4 is 9.47 Å². The zero-order valence-electron chi connectivity index (χ0n) is 20.2. The van der Waals surface area contributed by atoms with E-state index < -0.39 is 41.0 Å². The van der Waals surface area contributed by atoms with Gasteiger partial charge in [-0.2, -0.15) is 14.0 Å². The minimum absolute atomic E-state index is 0.0244. The second kappa shape index (κ2) is 10.2. The Labute approximate surface area is 218 Å². The van der Waals surface area contributed by atoms with Crippen molar-refractivity contribution in [2.75, 3.05) is 0 Å². The van der Waals surface area contributed by atoms with E-state index in [1.807, 2.05) is 24.3 Å². The molecule has 0 radical (unpaired) electrons. The standard InChI is InChI=1S/C29H24ClF2NO4/c1-18(29(31,32)37-23-15-8-7-14-22(23)30)25-26(28(25,2)3)27(34)36-24(17-33)19-10-9-13-21(16-19)35-20-11-5-4-6-12-20/h4-16,24-26H,1H2,2-3H3. The van der Waals surface area contributed by atoms with Crippen molar-refractivity contribution in [2.45, 2.75) is 26.1 Å². The molecular formula is C29H24ClF2NO4. The van der Waals surface area contributed by atoms with E-state index in [1.165, 1.54) is 18.2 Å². The molecule has 3 aromatic carbocycles. The molecule has 0 N–H and O–H groups in total. The quantitative estimate of drug-likeness (QED) is 0.212. The lowest BCUT2D eigenvalue weighted by Crippen LogP contribution is -2.29. The number of benzene rings is 3. The van der Waals surface area contributed by atoms with Gasteiger partial charge >= 0.3 is 12.1 Å². The summed E-state index contributed by atoms with van der Waals surface area (Å²) in [6, 6.07) is 23.5. The number of hydrogen-bond acceptors (Lipinski definition) is 5. The van der Waals surface area contributed by atoms with Crippen LogP contribution in [-0.4, -0.2) is 12.1 Å². The van der Waals surface area contributed by atoms with Gasteiger partial charge in [0.1, 0.15) is 23.3 Å². The lowest BCUT2D eigenvalue weighted by Gasteiger charge is -2.21. The largest absolute Gasteiger partial charge is 0.457 e. The molecule has 190 valence electrons. The van der Waals surface area contributed by atoms with Gasteiger partial charge in [-0.25, -0.2) is 0 Å². The number of carbonyl (C=O) groups is 1. The molecule has 0 spiro atoms. The molecule has 37 heavy (non-hydrogen) atoms. The third-order valence-electron chi connectivity index (χ3n) is 6.40. The minimum Gasteiger partial charge on any atom is -0.457 e.